The minimum absolute atomic E-state index is 0.0707. The predicted octanol–water partition coefficient (Wildman–Crippen LogP) is 1.95. The van der Waals surface area contributed by atoms with Gasteiger partial charge in [0.05, 0.1) is 10.7 Å². The molecule has 0 bridgehead atoms. The van der Waals surface area contributed by atoms with Gasteiger partial charge < -0.3 is 9.73 Å². The molecule has 0 aliphatic rings. The molecule has 0 fully saturated rings. The van der Waals surface area contributed by atoms with Gasteiger partial charge in [0.15, 0.2) is 0 Å². The van der Waals surface area contributed by atoms with Crippen LogP contribution in [0.25, 0.3) is 10.8 Å². The molecule has 0 aliphatic carbocycles. The van der Waals surface area contributed by atoms with Crippen molar-refractivity contribution in [2.24, 2.45) is 0 Å². The van der Waals surface area contributed by atoms with Crippen LogP contribution in [0.3, 0.4) is 0 Å². The smallest absolute Gasteiger partial charge is 0.324 e. The Hall–Kier alpha value is -1.96. The van der Waals surface area contributed by atoms with E-state index in [1.165, 1.54) is 11.3 Å². The number of hydrogen-bond acceptors (Lipinski definition) is 6. The van der Waals surface area contributed by atoms with Crippen LogP contribution in [0.15, 0.2) is 4.42 Å². The van der Waals surface area contributed by atoms with Crippen molar-refractivity contribution in [3.63, 3.8) is 0 Å². The van der Waals surface area contributed by atoms with E-state index in [4.69, 9.17) is 4.42 Å². The summed E-state index contributed by atoms with van der Waals surface area (Å²) in [5.41, 5.74) is 0.839. The van der Waals surface area contributed by atoms with Crippen LogP contribution in [0, 0.1) is 13.8 Å². The fourth-order valence-electron chi connectivity index (χ4n) is 1.40. The number of anilines is 1. The van der Waals surface area contributed by atoms with Crippen molar-refractivity contribution in [1.29, 1.82) is 0 Å². The summed E-state index contributed by atoms with van der Waals surface area (Å²) < 4.78 is 5.36. The molecule has 8 heteroatoms. The zero-order chi connectivity index (χ0) is 13.1. The Bertz CT molecular complexity index is 562. The van der Waals surface area contributed by atoms with Gasteiger partial charge in [-0.05, 0) is 20.8 Å². The molecule has 2 aromatic heterocycles. The van der Waals surface area contributed by atoms with Crippen LogP contribution in [0.4, 0.5) is 10.8 Å². The highest BCUT2D eigenvalue weighted by Gasteiger charge is 2.15. The summed E-state index contributed by atoms with van der Waals surface area (Å²) in [6, 6.07) is -0.300. The molecule has 7 nitrogen and oxygen atoms in total. The topological polar surface area (TPSA) is 92.9 Å². The molecule has 0 saturated heterocycles. The van der Waals surface area contributed by atoms with Crippen LogP contribution in [0.5, 0.6) is 0 Å². The van der Waals surface area contributed by atoms with E-state index in [1.54, 1.807) is 0 Å². The van der Waals surface area contributed by atoms with E-state index in [-0.39, 0.29) is 12.0 Å². The Kier molecular flexibility index (Phi) is 3.56. The van der Waals surface area contributed by atoms with Crippen molar-refractivity contribution >= 4 is 23.4 Å². The van der Waals surface area contributed by atoms with E-state index in [1.807, 2.05) is 20.8 Å². The van der Waals surface area contributed by atoms with E-state index >= 15 is 0 Å². The maximum absolute atomic E-state index is 11.3. The largest absolute Gasteiger partial charge is 0.402 e. The van der Waals surface area contributed by atoms with Crippen molar-refractivity contribution in [3.05, 3.63) is 10.7 Å². The van der Waals surface area contributed by atoms with E-state index in [9.17, 15) is 4.79 Å². The van der Waals surface area contributed by atoms with Crippen molar-refractivity contribution in [2.45, 2.75) is 20.8 Å². The molecule has 2 heterocycles. The molecule has 2 aromatic rings. The number of aromatic nitrogens is 3. The van der Waals surface area contributed by atoms with Gasteiger partial charge in [0, 0.05) is 6.54 Å². The molecule has 2 amide bonds. The quantitative estimate of drug-likeness (QED) is 0.886. The molecule has 0 radical (unpaired) electrons. The highest BCUT2D eigenvalue weighted by Crippen LogP contribution is 2.29. The molecular weight excluding hydrogens is 254 g/mol. The minimum Gasteiger partial charge on any atom is -0.402 e. The molecule has 0 aromatic carbocycles. The van der Waals surface area contributed by atoms with Gasteiger partial charge in [-0.3, -0.25) is 5.32 Å². The number of nitrogens with one attached hydrogen (secondary N) is 2. The average Bonchev–Trinajstić information content (AvgIpc) is 2.85. The zero-order valence-corrected chi connectivity index (χ0v) is 11.1. The third kappa shape index (κ3) is 2.65. The number of hydrogen-bond donors (Lipinski definition) is 2. The molecule has 0 unspecified atom stereocenters. The van der Waals surface area contributed by atoms with Crippen LogP contribution in [-0.4, -0.2) is 27.8 Å². The van der Waals surface area contributed by atoms with Gasteiger partial charge >= 0.3 is 12.0 Å². The summed E-state index contributed by atoms with van der Waals surface area (Å²) in [5.74, 6) is 0.366. The number of carbonyl (C=O) groups is 1. The standard InChI is InChI=1S/C10H13N5O2S/c1-4-11-9(16)13-10-15-14-8(17-10)7-5(2)12-6(3)18-7/h4H2,1-3H3,(H2,11,13,15,16). The van der Waals surface area contributed by atoms with Gasteiger partial charge in [-0.2, -0.15) is 0 Å². The normalized spacial score (nSPS) is 10.4. The molecule has 0 spiro atoms. The van der Waals surface area contributed by atoms with Gasteiger partial charge in [-0.25, -0.2) is 9.78 Å². The Morgan fingerprint density at radius 3 is 2.78 bits per heavy atom. The lowest BCUT2D eigenvalue weighted by molar-refractivity contribution is 0.252. The van der Waals surface area contributed by atoms with Crippen molar-refractivity contribution < 1.29 is 9.21 Å². The van der Waals surface area contributed by atoms with Crippen molar-refractivity contribution in [2.75, 3.05) is 11.9 Å². The summed E-state index contributed by atoms with van der Waals surface area (Å²) in [6.07, 6.45) is 0. The zero-order valence-electron chi connectivity index (χ0n) is 10.3. The summed E-state index contributed by atoms with van der Waals surface area (Å²) in [4.78, 5) is 16.4. The van der Waals surface area contributed by atoms with E-state index < -0.39 is 0 Å². The number of rotatable bonds is 3. The number of urea groups is 1. The maximum Gasteiger partial charge on any atom is 0.324 e. The predicted molar refractivity (Wildman–Crippen MR) is 67.6 cm³/mol. The van der Waals surface area contributed by atoms with Gasteiger partial charge in [0.2, 0.25) is 0 Å². The first-order chi connectivity index (χ1) is 8.60. The van der Waals surface area contributed by atoms with Crippen molar-refractivity contribution in [1.82, 2.24) is 20.5 Å². The fourth-order valence-corrected chi connectivity index (χ4v) is 2.24. The van der Waals surface area contributed by atoms with Crippen molar-refractivity contribution in [3.8, 4) is 10.8 Å². The Morgan fingerprint density at radius 1 is 1.39 bits per heavy atom. The van der Waals surface area contributed by atoms with Gasteiger partial charge in [-0.15, -0.1) is 16.4 Å². The average molecular weight is 267 g/mol. The molecule has 0 atom stereocenters. The second-order valence-corrected chi connectivity index (χ2v) is 4.75. The molecular formula is C10H13N5O2S. The maximum atomic E-state index is 11.3. The lowest BCUT2D eigenvalue weighted by Gasteiger charge is -1.99. The number of thiazole rings is 1. The SMILES string of the molecule is CCNC(=O)Nc1nnc(-c2sc(C)nc2C)o1. The Morgan fingerprint density at radius 2 is 2.17 bits per heavy atom. The molecule has 2 rings (SSSR count). The molecule has 96 valence electrons. The van der Waals surface area contributed by atoms with Gasteiger partial charge in [0.25, 0.3) is 5.89 Å². The highest BCUT2D eigenvalue weighted by atomic mass is 32.1. The summed E-state index contributed by atoms with van der Waals surface area (Å²) >= 11 is 1.47. The number of aryl methyl sites for hydroxylation is 2. The van der Waals surface area contributed by atoms with E-state index in [2.05, 4.69) is 25.8 Å². The Labute approximate surface area is 108 Å². The van der Waals surface area contributed by atoms with E-state index in [0.29, 0.717) is 12.4 Å². The minimum atomic E-state index is -0.370. The first kappa shape index (κ1) is 12.5. The number of carbonyl (C=O) groups excluding carboxylic acids is 1. The van der Waals surface area contributed by atoms with Crippen LogP contribution in [0.2, 0.25) is 0 Å². The summed E-state index contributed by atoms with van der Waals surface area (Å²) in [6.45, 7) is 6.13. The first-order valence-corrected chi connectivity index (χ1v) is 6.24. The summed E-state index contributed by atoms with van der Waals surface area (Å²) in [5, 5.41) is 13.6. The lowest BCUT2D eigenvalue weighted by Crippen LogP contribution is -2.28. The van der Waals surface area contributed by atoms with Crippen LogP contribution in [0.1, 0.15) is 17.6 Å². The number of amides is 2. The third-order valence-corrected chi connectivity index (χ3v) is 3.14. The first-order valence-electron chi connectivity index (χ1n) is 5.43. The lowest BCUT2D eigenvalue weighted by atomic mass is 10.4. The molecule has 18 heavy (non-hydrogen) atoms. The van der Waals surface area contributed by atoms with Gasteiger partial charge in [-0.1, -0.05) is 5.10 Å². The van der Waals surface area contributed by atoms with Gasteiger partial charge in [0.1, 0.15) is 4.88 Å². The summed E-state index contributed by atoms with van der Waals surface area (Å²) in [7, 11) is 0. The Balaban J connectivity index is 2.15. The number of nitrogens with zero attached hydrogens (tertiary/aromatic N) is 3. The van der Waals surface area contributed by atoms with Crippen LogP contribution < -0.4 is 10.6 Å². The third-order valence-electron chi connectivity index (χ3n) is 2.08. The molecule has 0 aliphatic heterocycles. The fraction of sp³-hybridized carbons (Fsp3) is 0.400. The van der Waals surface area contributed by atoms with Crippen LogP contribution in [-0.2, 0) is 0 Å². The molecule has 2 N–H and O–H groups in total. The second kappa shape index (κ2) is 5.13. The monoisotopic (exact) mass is 267 g/mol. The highest BCUT2D eigenvalue weighted by molar-refractivity contribution is 7.15. The molecule has 0 saturated carbocycles. The van der Waals surface area contributed by atoms with E-state index in [0.717, 1.165) is 15.6 Å². The second-order valence-electron chi connectivity index (χ2n) is 3.54. The van der Waals surface area contributed by atoms with Crippen LogP contribution >= 0.6 is 11.3 Å².